The summed E-state index contributed by atoms with van der Waals surface area (Å²) < 4.78 is 5.98. The summed E-state index contributed by atoms with van der Waals surface area (Å²) in [5, 5.41) is 0.974. The Morgan fingerprint density at radius 3 is 2.85 bits per heavy atom. The molecule has 2 N–H and O–H groups in total. The molecular weight excluding hydrogens is 270 g/mol. The molecule has 0 aliphatic rings. The smallest absolute Gasteiger partial charge is 0.227 e. The second-order valence-corrected chi connectivity index (χ2v) is 6.48. The second kappa shape index (κ2) is 6.88. The Kier molecular flexibility index (Phi) is 5.17. The molecule has 0 amide bonds. The fourth-order valence-corrected chi connectivity index (χ4v) is 3.11. The van der Waals surface area contributed by atoms with E-state index in [1.807, 2.05) is 0 Å². The van der Waals surface area contributed by atoms with Crippen LogP contribution in [0.5, 0.6) is 5.88 Å². The molecule has 2 rings (SSSR count). The van der Waals surface area contributed by atoms with Crippen molar-refractivity contribution in [2.75, 3.05) is 5.73 Å². The van der Waals surface area contributed by atoms with Crippen LogP contribution in [0.3, 0.4) is 0 Å². The van der Waals surface area contributed by atoms with Crippen LogP contribution in [-0.2, 0) is 0 Å². The Hall–Kier alpha value is -1.36. The van der Waals surface area contributed by atoms with Crippen LogP contribution >= 0.6 is 11.3 Å². The molecule has 0 saturated carbocycles. The van der Waals surface area contributed by atoms with E-state index in [0.717, 1.165) is 16.6 Å². The van der Waals surface area contributed by atoms with E-state index in [4.69, 9.17) is 10.5 Å². The highest BCUT2D eigenvalue weighted by atomic mass is 32.1. The first kappa shape index (κ1) is 15.0. The van der Waals surface area contributed by atoms with Crippen molar-refractivity contribution >= 4 is 27.5 Å². The third kappa shape index (κ3) is 3.82. The highest BCUT2D eigenvalue weighted by Gasteiger charge is 2.13. The molecule has 1 atom stereocenters. The summed E-state index contributed by atoms with van der Waals surface area (Å²) in [6, 6.07) is 2.07. The molecule has 0 bridgehead atoms. The lowest BCUT2D eigenvalue weighted by atomic mass is 10.1. The summed E-state index contributed by atoms with van der Waals surface area (Å²) in [5.74, 6) is 0.910. The minimum atomic E-state index is 0.157. The molecular formula is C15H23N3OS. The van der Waals surface area contributed by atoms with Gasteiger partial charge in [0.1, 0.15) is 4.83 Å². The van der Waals surface area contributed by atoms with Crippen molar-refractivity contribution in [3.8, 4) is 5.88 Å². The van der Waals surface area contributed by atoms with Gasteiger partial charge in [0.15, 0.2) is 0 Å². The Bertz CT molecular complexity index is 567. The Balaban J connectivity index is 2.04. The number of anilines is 1. The van der Waals surface area contributed by atoms with Crippen LogP contribution in [-0.4, -0.2) is 16.1 Å². The van der Waals surface area contributed by atoms with Crippen molar-refractivity contribution in [1.29, 1.82) is 0 Å². The van der Waals surface area contributed by atoms with E-state index < -0.39 is 0 Å². The van der Waals surface area contributed by atoms with Crippen LogP contribution < -0.4 is 10.5 Å². The normalized spacial score (nSPS) is 12.8. The molecule has 1 unspecified atom stereocenters. The fraction of sp³-hybridized carbons (Fsp3) is 0.600. The van der Waals surface area contributed by atoms with Crippen molar-refractivity contribution in [2.24, 2.45) is 0 Å². The molecule has 0 aromatic carbocycles. The number of unbranched alkanes of at least 4 members (excludes halogenated alkanes) is 3. The fourth-order valence-electron chi connectivity index (χ4n) is 2.23. The minimum absolute atomic E-state index is 0.157. The van der Waals surface area contributed by atoms with E-state index in [1.54, 1.807) is 11.3 Å². The standard InChI is InChI=1S/C15H23N3OS/c1-4-5-6-7-8-10(2)19-13-12-9-11(3)20-14(12)18-15(16)17-13/h9-10H,4-8H2,1-3H3,(H2,16,17,18). The number of hydrogen-bond donors (Lipinski definition) is 1. The molecule has 110 valence electrons. The van der Waals surface area contributed by atoms with E-state index in [9.17, 15) is 0 Å². The molecule has 0 aliphatic carbocycles. The largest absolute Gasteiger partial charge is 0.474 e. The Morgan fingerprint density at radius 2 is 2.10 bits per heavy atom. The zero-order valence-electron chi connectivity index (χ0n) is 12.5. The zero-order valence-corrected chi connectivity index (χ0v) is 13.3. The van der Waals surface area contributed by atoms with Crippen LogP contribution in [0.2, 0.25) is 0 Å². The minimum Gasteiger partial charge on any atom is -0.474 e. The highest BCUT2D eigenvalue weighted by molar-refractivity contribution is 7.18. The number of aryl methyl sites for hydroxylation is 1. The number of aromatic nitrogens is 2. The summed E-state index contributed by atoms with van der Waals surface area (Å²) in [6.07, 6.45) is 6.22. The van der Waals surface area contributed by atoms with Crippen molar-refractivity contribution in [3.05, 3.63) is 10.9 Å². The topological polar surface area (TPSA) is 61.0 Å². The molecule has 2 heterocycles. The van der Waals surface area contributed by atoms with E-state index in [2.05, 4.69) is 36.8 Å². The van der Waals surface area contributed by atoms with Crippen molar-refractivity contribution in [1.82, 2.24) is 9.97 Å². The summed E-state index contributed by atoms with van der Waals surface area (Å²) in [6.45, 7) is 6.37. The van der Waals surface area contributed by atoms with Gasteiger partial charge in [0.2, 0.25) is 11.8 Å². The lowest BCUT2D eigenvalue weighted by Gasteiger charge is -2.14. The Labute approximate surface area is 124 Å². The average molecular weight is 293 g/mol. The molecule has 20 heavy (non-hydrogen) atoms. The number of nitrogens with two attached hydrogens (primary N) is 1. The number of rotatable bonds is 7. The molecule has 2 aromatic heterocycles. The van der Waals surface area contributed by atoms with Crippen molar-refractivity contribution in [2.45, 2.75) is 59.0 Å². The van der Waals surface area contributed by atoms with Crippen LogP contribution in [0, 0.1) is 6.92 Å². The van der Waals surface area contributed by atoms with Gasteiger partial charge in [0, 0.05) is 4.88 Å². The molecule has 0 aliphatic heterocycles. The molecule has 4 nitrogen and oxygen atoms in total. The van der Waals surface area contributed by atoms with Gasteiger partial charge in [0.05, 0.1) is 11.5 Å². The number of nitrogen functional groups attached to an aromatic ring is 1. The summed E-state index contributed by atoms with van der Waals surface area (Å²) >= 11 is 1.62. The molecule has 0 fully saturated rings. The molecule has 0 spiro atoms. The quantitative estimate of drug-likeness (QED) is 0.772. The van der Waals surface area contributed by atoms with Gasteiger partial charge in [-0.05, 0) is 32.8 Å². The van der Waals surface area contributed by atoms with E-state index in [0.29, 0.717) is 5.88 Å². The summed E-state index contributed by atoms with van der Waals surface area (Å²) in [4.78, 5) is 10.6. The third-order valence-electron chi connectivity index (χ3n) is 3.28. The van der Waals surface area contributed by atoms with Gasteiger partial charge in [0.25, 0.3) is 0 Å². The molecule has 2 aromatic rings. The first-order valence-corrected chi connectivity index (χ1v) is 8.12. The maximum Gasteiger partial charge on any atom is 0.227 e. The highest BCUT2D eigenvalue weighted by Crippen LogP contribution is 2.31. The summed E-state index contributed by atoms with van der Waals surface area (Å²) in [5.41, 5.74) is 5.75. The van der Waals surface area contributed by atoms with Crippen molar-refractivity contribution in [3.63, 3.8) is 0 Å². The second-order valence-electron chi connectivity index (χ2n) is 5.24. The predicted octanol–water partition coefficient (Wildman–Crippen LogP) is 4.32. The average Bonchev–Trinajstić information content (AvgIpc) is 2.75. The lowest BCUT2D eigenvalue weighted by Crippen LogP contribution is -2.13. The van der Waals surface area contributed by atoms with Crippen molar-refractivity contribution < 1.29 is 4.74 Å². The van der Waals surface area contributed by atoms with E-state index in [-0.39, 0.29) is 12.1 Å². The first-order valence-electron chi connectivity index (χ1n) is 7.30. The molecule has 5 heteroatoms. The van der Waals surface area contributed by atoms with Crippen LogP contribution in [0.1, 0.15) is 50.8 Å². The van der Waals surface area contributed by atoms with Gasteiger partial charge < -0.3 is 10.5 Å². The number of nitrogens with zero attached hydrogens (tertiary/aromatic N) is 2. The van der Waals surface area contributed by atoms with Gasteiger partial charge in [-0.1, -0.05) is 26.2 Å². The number of ether oxygens (including phenoxy) is 1. The van der Waals surface area contributed by atoms with Crippen LogP contribution in [0.25, 0.3) is 10.2 Å². The van der Waals surface area contributed by atoms with Gasteiger partial charge in [-0.2, -0.15) is 4.98 Å². The molecule has 0 saturated heterocycles. The van der Waals surface area contributed by atoms with Gasteiger partial charge in [-0.15, -0.1) is 11.3 Å². The number of hydrogen-bond acceptors (Lipinski definition) is 5. The van der Waals surface area contributed by atoms with Crippen LogP contribution in [0.15, 0.2) is 6.07 Å². The zero-order chi connectivity index (χ0) is 14.5. The Morgan fingerprint density at radius 1 is 1.30 bits per heavy atom. The van der Waals surface area contributed by atoms with E-state index >= 15 is 0 Å². The monoisotopic (exact) mass is 293 g/mol. The maximum atomic E-state index is 5.98. The summed E-state index contributed by atoms with van der Waals surface area (Å²) in [7, 11) is 0. The number of thiophene rings is 1. The van der Waals surface area contributed by atoms with Gasteiger partial charge in [-0.25, -0.2) is 4.98 Å². The first-order chi connectivity index (χ1) is 9.60. The van der Waals surface area contributed by atoms with Crippen LogP contribution in [0.4, 0.5) is 5.95 Å². The van der Waals surface area contributed by atoms with Gasteiger partial charge >= 0.3 is 0 Å². The molecule has 0 radical (unpaired) electrons. The SMILES string of the molecule is CCCCCCC(C)Oc1nc(N)nc2sc(C)cc12. The number of fused-ring (bicyclic) bond motifs is 1. The lowest BCUT2D eigenvalue weighted by molar-refractivity contribution is 0.201. The maximum absolute atomic E-state index is 5.98. The third-order valence-corrected chi connectivity index (χ3v) is 4.22. The van der Waals surface area contributed by atoms with Gasteiger partial charge in [-0.3, -0.25) is 0 Å². The predicted molar refractivity (Wildman–Crippen MR) is 85.4 cm³/mol. The van der Waals surface area contributed by atoms with E-state index in [1.165, 1.54) is 30.6 Å².